The topological polar surface area (TPSA) is 98.8 Å². The zero-order chi connectivity index (χ0) is 19.4. The Morgan fingerprint density at radius 1 is 1.04 bits per heavy atom. The summed E-state index contributed by atoms with van der Waals surface area (Å²) in [5.74, 6) is -1.82. The summed E-state index contributed by atoms with van der Waals surface area (Å²) in [5.41, 5.74) is 1.59. The summed E-state index contributed by atoms with van der Waals surface area (Å²) in [6.45, 7) is 2.45. The largest absolute Gasteiger partial charge is 0.311 e. The first kappa shape index (κ1) is 17.5. The molecule has 4 aliphatic rings. The zero-order valence-electron chi connectivity index (χ0n) is 15.4. The molecule has 1 aromatic carbocycles. The van der Waals surface area contributed by atoms with Crippen molar-refractivity contribution in [1.82, 2.24) is 20.4 Å². The average molecular weight is 382 g/mol. The van der Waals surface area contributed by atoms with Crippen LogP contribution in [-0.4, -0.2) is 64.6 Å². The van der Waals surface area contributed by atoms with Gasteiger partial charge in [0.2, 0.25) is 11.8 Å². The van der Waals surface area contributed by atoms with Gasteiger partial charge in [-0.3, -0.25) is 34.3 Å². The van der Waals surface area contributed by atoms with Crippen LogP contribution in [0.2, 0.25) is 0 Å². The molecule has 1 unspecified atom stereocenters. The van der Waals surface area contributed by atoms with E-state index in [9.17, 15) is 19.2 Å². The van der Waals surface area contributed by atoms with Crippen LogP contribution in [0.5, 0.6) is 0 Å². The van der Waals surface area contributed by atoms with Crippen LogP contribution in [0, 0.1) is 0 Å². The molecule has 0 spiro atoms. The molecule has 5 rings (SSSR count). The van der Waals surface area contributed by atoms with Crippen LogP contribution >= 0.6 is 0 Å². The molecule has 0 radical (unpaired) electrons. The van der Waals surface area contributed by atoms with Crippen molar-refractivity contribution in [3.63, 3.8) is 0 Å². The first-order chi connectivity index (χ1) is 13.5. The van der Waals surface area contributed by atoms with Gasteiger partial charge in [-0.25, -0.2) is 0 Å². The summed E-state index contributed by atoms with van der Waals surface area (Å²) in [5, 5.41) is 5.75. The highest BCUT2D eigenvalue weighted by atomic mass is 16.2. The lowest BCUT2D eigenvalue weighted by Crippen LogP contribution is -2.62. The van der Waals surface area contributed by atoms with E-state index in [2.05, 4.69) is 15.5 Å². The molecule has 1 aromatic rings. The van der Waals surface area contributed by atoms with E-state index in [1.54, 1.807) is 12.1 Å². The molecule has 0 aromatic heterocycles. The SMILES string of the molecule is O=C1CCC(N2C(=O)c3cccc(CN4CCN[C@H]5CC[C@H]54)c3C2=O)C(=O)N1. The molecule has 3 atom stereocenters. The number of piperazine rings is 1. The number of hydrogen-bond donors (Lipinski definition) is 2. The van der Waals surface area contributed by atoms with E-state index < -0.39 is 23.8 Å². The maximum Gasteiger partial charge on any atom is 0.262 e. The van der Waals surface area contributed by atoms with Gasteiger partial charge < -0.3 is 5.32 Å². The minimum atomic E-state index is -0.923. The number of imide groups is 2. The third-order valence-electron chi connectivity index (χ3n) is 6.44. The van der Waals surface area contributed by atoms with E-state index in [0.717, 1.165) is 30.0 Å². The van der Waals surface area contributed by atoms with Gasteiger partial charge in [-0.1, -0.05) is 12.1 Å². The molecule has 2 saturated heterocycles. The first-order valence-corrected chi connectivity index (χ1v) is 9.85. The van der Waals surface area contributed by atoms with Gasteiger partial charge in [0, 0.05) is 38.1 Å². The second-order valence-electron chi connectivity index (χ2n) is 7.96. The van der Waals surface area contributed by atoms with Crippen molar-refractivity contribution in [2.75, 3.05) is 13.1 Å². The van der Waals surface area contributed by atoms with E-state index in [0.29, 0.717) is 29.8 Å². The highest BCUT2D eigenvalue weighted by molar-refractivity contribution is 6.24. The number of rotatable bonds is 3. The van der Waals surface area contributed by atoms with Crippen molar-refractivity contribution in [3.8, 4) is 0 Å². The smallest absolute Gasteiger partial charge is 0.262 e. The summed E-state index contributed by atoms with van der Waals surface area (Å²) in [6, 6.07) is 5.41. The quantitative estimate of drug-likeness (QED) is 0.716. The Morgan fingerprint density at radius 3 is 2.64 bits per heavy atom. The Bertz CT molecular complexity index is 898. The summed E-state index contributed by atoms with van der Waals surface area (Å²) < 4.78 is 0. The molecule has 1 saturated carbocycles. The molecular formula is C20H22N4O4. The summed E-state index contributed by atoms with van der Waals surface area (Å²) in [6.07, 6.45) is 2.62. The van der Waals surface area contributed by atoms with Gasteiger partial charge in [-0.15, -0.1) is 0 Å². The number of hydrogen-bond acceptors (Lipinski definition) is 6. The van der Waals surface area contributed by atoms with Crippen LogP contribution in [0.15, 0.2) is 18.2 Å². The van der Waals surface area contributed by atoms with Crippen molar-refractivity contribution in [3.05, 3.63) is 34.9 Å². The molecule has 3 fully saturated rings. The van der Waals surface area contributed by atoms with Crippen LogP contribution in [0.3, 0.4) is 0 Å². The van der Waals surface area contributed by atoms with Crippen LogP contribution in [0.4, 0.5) is 0 Å². The average Bonchev–Trinajstić information content (AvgIpc) is 2.89. The highest BCUT2D eigenvalue weighted by Crippen LogP contribution is 2.33. The predicted octanol–water partition coefficient (Wildman–Crippen LogP) is 0.0240. The van der Waals surface area contributed by atoms with Gasteiger partial charge in [0.25, 0.3) is 11.8 Å². The molecule has 146 valence electrons. The monoisotopic (exact) mass is 382 g/mol. The van der Waals surface area contributed by atoms with Crippen LogP contribution in [0.25, 0.3) is 0 Å². The zero-order valence-corrected chi connectivity index (χ0v) is 15.4. The number of carbonyl (C=O) groups excluding carboxylic acids is 4. The van der Waals surface area contributed by atoms with E-state index in [-0.39, 0.29) is 18.7 Å². The minimum Gasteiger partial charge on any atom is -0.311 e. The lowest BCUT2D eigenvalue weighted by Gasteiger charge is -2.49. The van der Waals surface area contributed by atoms with Gasteiger partial charge in [0.05, 0.1) is 11.1 Å². The third kappa shape index (κ3) is 2.59. The van der Waals surface area contributed by atoms with Gasteiger partial charge in [0.1, 0.15) is 6.04 Å². The third-order valence-corrected chi connectivity index (χ3v) is 6.44. The Hall–Kier alpha value is -2.58. The number of nitrogens with zero attached hydrogens (tertiary/aromatic N) is 2. The normalized spacial score (nSPS) is 30.0. The molecule has 28 heavy (non-hydrogen) atoms. The number of amides is 4. The molecule has 0 bridgehead atoms. The summed E-state index contributed by atoms with van der Waals surface area (Å²) >= 11 is 0. The van der Waals surface area contributed by atoms with E-state index in [1.807, 2.05) is 6.07 Å². The molecule has 8 heteroatoms. The van der Waals surface area contributed by atoms with Gasteiger partial charge in [-0.2, -0.15) is 0 Å². The first-order valence-electron chi connectivity index (χ1n) is 9.85. The molecule has 3 heterocycles. The van der Waals surface area contributed by atoms with Crippen molar-refractivity contribution in [2.45, 2.75) is 50.4 Å². The Balaban J connectivity index is 1.43. The van der Waals surface area contributed by atoms with Crippen molar-refractivity contribution in [2.24, 2.45) is 0 Å². The van der Waals surface area contributed by atoms with Crippen LogP contribution < -0.4 is 10.6 Å². The number of benzene rings is 1. The summed E-state index contributed by atoms with van der Waals surface area (Å²) in [7, 11) is 0. The van der Waals surface area contributed by atoms with Gasteiger partial charge in [0.15, 0.2) is 0 Å². The maximum atomic E-state index is 13.2. The van der Waals surface area contributed by atoms with Gasteiger partial charge in [-0.05, 0) is 30.9 Å². The number of piperidine rings is 1. The van der Waals surface area contributed by atoms with Crippen molar-refractivity contribution < 1.29 is 19.2 Å². The fourth-order valence-electron chi connectivity index (χ4n) is 4.85. The van der Waals surface area contributed by atoms with Crippen molar-refractivity contribution >= 4 is 23.6 Å². The molecule has 8 nitrogen and oxygen atoms in total. The molecular weight excluding hydrogens is 360 g/mol. The molecule has 4 amide bonds. The van der Waals surface area contributed by atoms with E-state index in [1.165, 1.54) is 6.42 Å². The standard InChI is InChI=1S/C20H22N4O4/c25-16-7-6-15(18(26)22-16)24-19(27)12-3-1-2-11(17(12)20(24)28)10-23-9-8-21-13-4-5-14(13)23/h1-3,13-15,21H,4-10H2,(H,22,25,26)/t13-,14+,15?/m0/s1. The van der Waals surface area contributed by atoms with E-state index >= 15 is 0 Å². The second kappa shape index (κ2) is 6.49. The van der Waals surface area contributed by atoms with Gasteiger partial charge >= 0.3 is 0 Å². The molecule has 2 N–H and O–H groups in total. The second-order valence-corrected chi connectivity index (χ2v) is 7.96. The molecule has 3 aliphatic heterocycles. The number of fused-ring (bicyclic) bond motifs is 2. The van der Waals surface area contributed by atoms with Crippen molar-refractivity contribution in [1.29, 1.82) is 0 Å². The molecule has 1 aliphatic carbocycles. The Kier molecular flexibility index (Phi) is 4.06. The Labute approximate surface area is 162 Å². The number of nitrogens with one attached hydrogen (secondary N) is 2. The number of carbonyl (C=O) groups is 4. The van der Waals surface area contributed by atoms with Crippen LogP contribution in [0.1, 0.15) is 52.0 Å². The maximum absolute atomic E-state index is 13.2. The predicted molar refractivity (Wildman–Crippen MR) is 98.3 cm³/mol. The minimum absolute atomic E-state index is 0.126. The highest BCUT2D eigenvalue weighted by Gasteiger charge is 2.46. The fourth-order valence-corrected chi connectivity index (χ4v) is 4.85. The fraction of sp³-hybridized carbons (Fsp3) is 0.500. The Morgan fingerprint density at radius 2 is 1.89 bits per heavy atom. The van der Waals surface area contributed by atoms with Crippen LogP contribution in [-0.2, 0) is 16.1 Å². The summed E-state index contributed by atoms with van der Waals surface area (Å²) in [4.78, 5) is 53.2. The lowest BCUT2D eigenvalue weighted by molar-refractivity contribution is -0.136. The van der Waals surface area contributed by atoms with E-state index in [4.69, 9.17) is 0 Å². The lowest BCUT2D eigenvalue weighted by atomic mass is 9.83.